The summed E-state index contributed by atoms with van der Waals surface area (Å²) < 4.78 is 0. The normalized spacial score (nSPS) is 12.4. The molecule has 1 aromatic rings. The van der Waals surface area contributed by atoms with Gasteiger partial charge in [-0.25, -0.2) is 0 Å². The molecule has 0 fully saturated rings. The molecule has 98 valence electrons. The number of carboxylic acids is 1. The van der Waals surface area contributed by atoms with E-state index in [1.54, 1.807) is 13.8 Å². The molecule has 1 atom stereocenters. The van der Waals surface area contributed by atoms with Crippen molar-refractivity contribution < 1.29 is 14.8 Å². The largest absolute Gasteiger partial charge is 0.481 e. The first-order valence-electron chi connectivity index (χ1n) is 5.49. The lowest BCUT2D eigenvalue weighted by atomic mass is 9.89. The SMILES string of the molecule is CC(C)C(Cc1c(Cl)cccc1[N+](=O)[O-])C(=O)O. The first-order chi connectivity index (χ1) is 8.34. The number of nitro benzene ring substituents is 1. The minimum Gasteiger partial charge on any atom is -0.481 e. The van der Waals surface area contributed by atoms with Gasteiger partial charge in [0, 0.05) is 11.6 Å². The zero-order valence-corrected chi connectivity index (χ0v) is 10.8. The molecule has 6 heteroatoms. The van der Waals surface area contributed by atoms with Crippen molar-refractivity contribution in [3.8, 4) is 0 Å². The van der Waals surface area contributed by atoms with E-state index in [4.69, 9.17) is 16.7 Å². The Kier molecular flexibility index (Phi) is 4.67. The van der Waals surface area contributed by atoms with Gasteiger partial charge in [0.15, 0.2) is 0 Å². The van der Waals surface area contributed by atoms with Gasteiger partial charge in [0.2, 0.25) is 0 Å². The van der Waals surface area contributed by atoms with E-state index in [0.29, 0.717) is 0 Å². The van der Waals surface area contributed by atoms with Crippen molar-refractivity contribution in [3.63, 3.8) is 0 Å². The molecule has 1 rings (SSSR count). The maximum absolute atomic E-state index is 11.1. The lowest BCUT2D eigenvalue weighted by molar-refractivity contribution is -0.385. The minimum absolute atomic E-state index is 0.0585. The third-order valence-corrected chi connectivity index (χ3v) is 3.19. The van der Waals surface area contributed by atoms with Crippen molar-refractivity contribution in [2.75, 3.05) is 0 Å². The van der Waals surface area contributed by atoms with Gasteiger partial charge in [0.05, 0.1) is 15.9 Å². The van der Waals surface area contributed by atoms with Crippen LogP contribution >= 0.6 is 11.6 Å². The molecule has 0 aliphatic rings. The van der Waals surface area contributed by atoms with Crippen LogP contribution in [0.1, 0.15) is 19.4 Å². The topological polar surface area (TPSA) is 80.4 Å². The van der Waals surface area contributed by atoms with Gasteiger partial charge in [0.1, 0.15) is 0 Å². The average Bonchev–Trinajstić information content (AvgIpc) is 2.25. The summed E-state index contributed by atoms with van der Waals surface area (Å²) in [5.74, 6) is -1.79. The van der Waals surface area contributed by atoms with Gasteiger partial charge in [0.25, 0.3) is 5.69 Å². The fourth-order valence-corrected chi connectivity index (χ4v) is 2.00. The molecule has 1 aromatic carbocycles. The Morgan fingerprint density at radius 1 is 1.50 bits per heavy atom. The van der Waals surface area contributed by atoms with E-state index in [1.807, 2.05) is 0 Å². The van der Waals surface area contributed by atoms with E-state index in [9.17, 15) is 14.9 Å². The first-order valence-corrected chi connectivity index (χ1v) is 5.87. The van der Waals surface area contributed by atoms with Crippen LogP contribution in [-0.2, 0) is 11.2 Å². The smallest absolute Gasteiger partial charge is 0.307 e. The summed E-state index contributed by atoms with van der Waals surface area (Å²) in [6.45, 7) is 3.53. The lowest BCUT2D eigenvalue weighted by Crippen LogP contribution is -2.22. The van der Waals surface area contributed by atoms with Crippen LogP contribution in [0.3, 0.4) is 0 Å². The van der Waals surface area contributed by atoms with Gasteiger partial charge in [-0.1, -0.05) is 31.5 Å². The van der Waals surface area contributed by atoms with E-state index in [-0.39, 0.29) is 28.6 Å². The quantitative estimate of drug-likeness (QED) is 0.659. The molecule has 0 radical (unpaired) electrons. The van der Waals surface area contributed by atoms with E-state index in [2.05, 4.69) is 0 Å². The predicted octanol–water partition coefficient (Wildman–Crippen LogP) is 3.15. The molecule has 0 aliphatic carbocycles. The second-order valence-electron chi connectivity index (χ2n) is 4.39. The second-order valence-corrected chi connectivity index (χ2v) is 4.79. The van der Waals surface area contributed by atoms with E-state index >= 15 is 0 Å². The van der Waals surface area contributed by atoms with Gasteiger partial charge in [-0.3, -0.25) is 14.9 Å². The zero-order valence-electron chi connectivity index (χ0n) is 10.1. The van der Waals surface area contributed by atoms with Gasteiger partial charge in [-0.05, 0) is 18.4 Å². The Morgan fingerprint density at radius 3 is 2.56 bits per heavy atom. The van der Waals surface area contributed by atoms with E-state index in [0.717, 1.165) is 0 Å². The molecule has 1 N–H and O–H groups in total. The maximum atomic E-state index is 11.1. The predicted molar refractivity (Wildman–Crippen MR) is 67.8 cm³/mol. The van der Waals surface area contributed by atoms with Crippen molar-refractivity contribution >= 4 is 23.3 Å². The average molecular weight is 272 g/mol. The highest BCUT2D eigenvalue weighted by molar-refractivity contribution is 6.31. The summed E-state index contributed by atoms with van der Waals surface area (Å²) in [4.78, 5) is 21.5. The van der Waals surface area contributed by atoms with Crippen molar-refractivity contribution in [2.24, 2.45) is 11.8 Å². The first kappa shape index (κ1) is 14.4. The number of rotatable bonds is 5. The third-order valence-electron chi connectivity index (χ3n) is 2.84. The molecule has 0 aromatic heterocycles. The molecule has 0 saturated heterocycles. The summed E-state index contributed by atoms with van der Waals surface area (Å²) in [5.41, 5.74) is 0.152. The summed E-state index contributed by atoms with van der Waals surface area (Å²) in [5, 5.41) is 20.2. The number of halogens is 1. The van der Waals surface area contributed by atoms with Gasteiger partial charge in [-0.2, -0.15) is 0 Å². The van der Waals surface area contributed by atoms with Crippen LogP contribution in [0.5, 0.6) is 0 Å². The number of hydrogen-bond acceptors (Lipinski definition) is 3. The Balaban J connectivity index is 3.16. The van der Waals surface area contributed by atoms with Gasteiger partial charge in [-0.15, -0.1) is 0 Å². The Morgan fingerprint density at radius 2 is 2.11 bits per heavy atom. The number of nitro groups is 1. The van der Waals surface area contributed by atoms with Crippen LogP contribution in [0, 0.1) is 22.0 Å². The van der Waals surface area contributed by atoms with Crippen LogP contribution < -0.4 is 0 Å². The van der Waals surface area contributed by atoms with Crippen LogP contribution in [0.4, 0.5) is 5.69 Å². The number of aliphatic carboxylic acids is 1. The van der Waals surface area contributed by atoms with E-state index in [1.165, 1.54) is 18.2 Å². The van der Waals surface area contributed by atoms with Crippen LogP contribution in [0.15, 0.2) is 18.2 Å². The molecule has 0 bridgehead atoms. The molecule has 0 saturated carbocycles. The highest BCUT2D eigenvalue weighted by Crippen LogP contribution is 2.30. The molecule has 0 heterocycles. The van der Waals surface area contributed by atoms with E-state index < -0.39 is 16.8 Å². The summed E-state index contributed by atoms with van der Waals surface area (Å²) >= 11 is 5.93. The fourth-order valence-electron chi connectivity index (χ4n) is 1.75. The molecule has 0 aliphatic heterocycles. The molecular weight excluding hydrogens is 258 g/mol. The van der Waals surface area contributed by atoms with Gasteiger partial charge >= 0.3 is 5.97 Å². The number of carbonyl (C=O) groups is 1. The highest BCUT2D eigenvalue weighted by Gasteiger charge is 2.27. The molecule has 18 heavy (non-hydrogen) atoms. The van der Waals surface area contributed by atoms with Crippen LogP contribution in [0.2, 0.25) is 5.02 Å². The Hall–Kier alpha value is -1.62. The zero-order chi connectivity index (χ0) is 13.9. The van der Waals surface area contributed by atoms with Crippen molar-refractivity contribution in [3.05, 3.63) is 38.9 Å². The number of nitrogens with zero attached hydrogens (tertiary/aromatic N) is 1. The highest BCUT2D eigenvalue weighted by atomic mass is 35.5. The van der Waals surface area contributed by atoms with Crippen molar-refractivity contribution in [1.82, 2.24) is 0 Å². The molecular formula is C12H14ClNO4. The number of benzene rings is 1. The van der Waals surface area contributed by atoms with Crippen molar-refractivity contribution in [2.45, 2.75) is 20.3 Å². The number of carboxylic acid groups (broad SMARTS) is 1. The number of hydrogen-bond donors (Lipinski definition) is 1. The molecule has 5 nitrogen and oxygen atoms in total. The fraction of sp³-hybridized carbons (Fsp3) is 0.417. The Labute approximate surface area is 110 Å². The molecule has 0 spiro atoms. The standard InChI is InChI=1S/C12H14ClNO4/c1-7(2)8(12(15)16)6-9-10(13)4-3-5-11(9)14(17)18/h3-5,7-8H,6H2,1-2H3,(H,15,16). The monoisotopic (exact) mass is 271 g/mol. The van der Waals surface area contributed by atoms with Crippen LogP contribution in [-0.4, -0.2) is 16.0 Å². The minimum atomic E-state index is -0.973. The van der Waals surface area contributed by atoms with Gasteiger partial charge < -0.3 is 5.11 Å². The summed E-state index contributed by atoms with van der Waals surface area (Å²) in [6.07, 6.45) is 0.0585. The van der Waals surface area contributed by atoms with Crippen LogP contribution in [0.25, 0.3) is 0 Å². The molecule has 1 unspecified atom stereocenters. The summed E-state index contributed by atoms with van der Waals surface area (Å²) in [6, 6.07) is 4.35. The third kappa shape index (κ3) is 3.20. The lowest BCUT2D eigenvalue weighted by Gasteiger charge is -2.16. The maximum Gasteiger partial charge on any atom is 0.307 e. The second kappa shape index (κ2) is 5.82. The summed E-state index contributed by atoms with van der Waals surface area (Å²) in [7, 11) is 0. The van der Waals surface area contributed by atoms with Crippen molar-refractivity contribution in [1.29, 1.82) is 0 Å². The molecule has 0 amide bonds. The Bertz CT molecular complexity index is 473.